The SMILES string of the molecule is CCc1nnsc1C(=O)NC(c1ccccc1)c1n[nH]c(C)n1. The highest BCUT2D eigenvalue weighted by Crippen LogP contribution is 2.21. The minimum absolute atomic E-state index is 0.215. The highest BCUT2D eigenvalue weighted by molar-refractivity contribution is 7.08. The third-order valence-corrected chi connectivity index (χ3v) is 4.14. The van der Waals surface area contributed by atoms with E-state index in [1.165, 1.54) is 0 Å². The van der Waals surface area contributed by atoms with Crippen LogP contribution in [-0.4, -0.2) is 30.7 Å². The molecule has 3 rings (SSSR count). The lowest BCUT2D eigenvalue weighted by Gasteiger charge is -2.15. The minimum Gasteiger partial charge on any atom is -0.337 e. The number of nitrogens with zero attached hydrogens (tertiary/aromatic N) is 4. The number of aromatic nitrogens is 5. The molecule has 0 radical (unpaired) electrons. The van der Waals surface area contributed by atoms with Crippen LogP contribution in [0, 0.1) is 6.92 Å². The van der Waals surface area contributed by atoms with Crippen LogP contribution in [0.2, 0.25) is 0 Å². The van der Waals surface area contributed by atoms with Crippen molar-refractivity contribution in [3.8, 4) is 0 Å². The van der Waals surface area contributed by atoms with Crippen LogP contribution in [0.5, 0.6) is 0 Å². The number of carbonyl (C=O) groups excluding carboxylic acids is 1. The molecule has 0 fully saturated rings. The molecule has 7 nitrogen and oxygen atoms in total. The molecule has 2 N–H and O–H groups in total. The summed E-state index contributed by atoms with van der Waals surface area (Å²) < 4.78 is 3.86. The molecule has 0 bridgehead atoms. The van der Waals surface area contributed by atoms with Gasteiger partial charge in [0.1, 0.15) is 16.7 Å². The van der Waals surface area contributed by atoms with Crippen molar-refractivity contribution in [3.05, 3.63) is 58.1 Å². The molecular weight excluding hydrogens is 312 g/mol. The van der Waals surface area contributed by atoms with Gasteiger partial charge in [-0.1, -0.05) is 41.7 Å². The standard InChI is InChI=1S/C15H16N6OS/c1-3-11-13(23-21-19-11)15(22)17-12(10-7-5-4-6-8-10)14-16-9(2)18-20-14/h4-8,12H,3H2,1-2H3,(H,17,22)(H,16,18,20). The molecule has 0 saturated heterocycles. The molecule has 118 valence electrons. The number of nitrogens with one attached hydrogen (secondary N) is 2. The predicted octanol–water partition coefficient (Wildman–Crippen LogP) is 2.05. The van der Waals surface area contributed by atoms with E-state index in [2.05, 4.69) is 30.1 Å². The Morgan fingerprint density at radius 1 is 1.35 bits per heavy atom. The molecular formula is C15H16N6OS. The number of aromatic amines is 1. The summed E-state index contributed by atoms with van der Waals surface area (Å²) in [7, 11) is 0. The van der Waals surface area contributed by atoms with Crippen LogP contribution >= 0.6 is 11.5 Å². The van der Waals surface area contributed by atoms with Gasteiger partial charge in [-0.2, -0.15) is 5.10 Å². The fraction of sp³-hybridized carbons (Fsp3) is 0.267. The van der Waals surface area contributed by atoms with Gasteiger partial charge >= 0.3 is 0 Å². The van der Waals surface area contributed by atoms with Gasteiger partial charge in [0.25, 0.3) is 5.91 Å². The smallest absolute Gasteiger partial charge is 0.265 e. The van der Waals surface area contributed by atoms with Crippen molar-refractivity contribution in [2.24, 2.45) is 0 Å². The molecule has 1 amide bonds. The third kappa shape index (κ3) is 3.26. The molecule has 0 spiro atoms. The van der Waals surface area contributed by atoms with Crippen molar-refractivity contribution in [2.75, 3.05) is 0 Å². The summed E-state index contributed by atoms with van der Waals surface area (Å²) in [5, 5.41) is 14.0. The summed E-state index contributed by atoms with van der Waals surface area (Å²) in [5.74, 6) is 1.01. The zero-order valence-corrected chi connectivity index (χ0v) is 13.6. The fourth-order valence-electron chi connectivity index (χ4n) is 2.24. The highest BCUT2D eigenvalue weighted by Gasteiger charge is 2.24. The molecule has 3 aromatic rings. The van der Waals surface area contributed by atoms with Crippen molar-refractivity contribution in [2.45, 2.75) is 26.3 Å². The normalized spacial score (nSPS) is 12.1. The van der Waals surface area contributed by atoms with Gasteiger partial charge in [0.15, 0.2) is 5.82 Å². The van der Waals surface area contributed by atoms with Crippen molar-refractivity contribution >= 4 is 17.4 Å². The monoisotopic (exact) mass is 328 g/mol. The highest BCUT2D eigenvalue weighted by atomic mass is 32.1. The van der Waals surface area contributed by atoms with E-state index in [0.717, 1.165) is 17.1 Å². The number of aryl methyl sites for hydroxylation is 2. The summed E-state index contributed by atoms with van der Waals surface area (Å²) in [6.07, 6.45) is 0.662. The first kappa shape index (κ1) is 15.3. The van der Waals surface area contributed by atoms with E-state index in [9.17, 15) is 4.79 Å². The van der Waals surface area contributed by atoms with Gasteiger partial charge in [-0.25, -0.2) is 4.98 Å². The number of H-pyrrole nitrogens is 1. The molecule has 2 heterocycles. The van der Waals surface area contributed by atoms with Crippen LogP contribution in [0.1, 0.15) is 45.5 Å². The Morgan fingerprint density at radius 3 is 2.78 bits per heavy atom. The van der Waals surface area contributed by atoms with E-state index in [4.69, 9.17) is 0 Å². The van der Waals surface area contributed by atoms with E-state index in [1.54, 1.807) is 0 Å². The molecule has 0 aliphatic rings. The van der Waals surface area contributed by atoms with Gasteiger partial charge in [0, 0.05) is 0 Å². The van der Waals surface area contributed by atoms with E-state index in [1.807, 2.05) is 44.2 Å². The first-order valence-electron chi connectivity index (χ1n) is 7.25. The minimum atomic E-state index is -0.430. The molecule has 1 atom stereocenters. The molecule has 2 aromatic heterocycles. The molecule has 1 aromatic carbocycles. The molecule has 0 aliphatic heterocycles. The molecule has 1 unspecified atom stereocenters. The summed E-state index contributed by atoms with van der Waals surface area (Å²) in [5.41, 5.74) is 1.61. The van der Waals surface area contributed by atoms with Crippen molar-refractivity contribution in [3.63, 3.8) is 0 Å². The Hall–Kier alpha value is -2.61. The van der Waals surface area contributed by atoms with E-state index < -0.39 is 6.04 Å². The number of amides is 1. The Bertz CT molecular complexity index is 797. The summed E-state index contributed by atoms with van der Waals surface area (Å²) in [6, 6.07) is 9.19. The molecule has 0 saturated carbocycles. The lowest BCUT2D eigenvalue weighted by Crippen LogP contribution is -2.30. The van der Waals surface area contributed by atoms with Crippen LogP contribution in [0.15, 0.2) is 30.3 Å². The summed E-state index contributed by atoms with van der Waals surface area (Å²) >= 11 is 1.10. The molecule has 0 aliphatic carbocycles. The van der Waals surface area contributed by atoms with Gasteiger partial charge in [0.05, 0.1) is 5.69 Å². The average molecular weight is 328 g/mol. The Labute approximate surface area is 137 Å². The van der Waals surface area contributed by atoms with Gasteiger partial charge in [-0.05, 0) is 30.4 Å². The zero-order chi connectivity index (χ0) is 16.2. The maximum atomic E-state index is 12.6. The third-order valence-electron chi connectivity index (χ3n) is 3.38. The van der Waals surface area contributed by atoms with Crippen LogP contribution < -0.4 is 5.32 Å². The van der Waals surface area contributed by atoms with Gasteiger partial charge in [0.2, 0.25) is 0 Å². The largest absolute Gasteiger partial charge is 0.337 e. The number of carbonyl (C=O) groups is 1. The second kappa shape index (κ2) is 6.66. The number of hydrogen-bond donors (Lipinski definition) is 2. The van der Waals surface area contributed by atoms with Crippen molar-refractivity contribution in [1.29, 1.82) is 0 Å². The van der Waals surface area contributed by atoms with Gasteiger partial charge in [-0.3, -0.25) is 9.89 Å². The number of rotatable bonds is 5. The first-order chi connectivity index (χ1) is 11.2. The number of hydrogen-bond acceptors (Lipinski definition) is 6. The van der Waals surface area contributed by atoms with E-state index in [0.29, 0.717) is 28.6 Å². The quantitative estimate of drug-likeness (QED) is 0.747. The van der Waals surface area contributed by atoms with Crippen LogP contribution in [0.25, 0.3) is 0 Å². The maximum absolute atomic E-state index is 12.6. The molecule has 8 heteroatoms. The lowest BCUT2D eigenvalue weighted by molar-refractivity contribution is 0.0944. The molecule has 23 heavy (non-hydrogen) atoms. The average Bonchev–Trinajstić information content (AvgIpc) is 3.21. The Kier molecular flexibility index (Phi) is 4.42. The van der Waals surface area contributed by atoms with E-state index >= 15 is 0 Å². The second-order valence-electron chi connectivity index (χ2n) is 5.00. The van der Waals surface area contributed by atoms with Crippen LogP contribution in [0.4, 0.5) is 0 Å². The Morgan fingerprint density at radius 2 is 2.13 bits per heavy atom. The van der Waals surface area contributed by atoms with Crippen LogP contribution in [0.3, 0.4) is 0 Å². The number of benzene rings is 1. The summed E-state index contributed by atoms with van der Waals surface area (Å²) in [6.45, 7) is 3.77. The van der Waals surface area contributed by atoms with Gasteiger partial charge < -0.3 is 5.32 Å². The zero-order valence-electron chi connectivity index (χ0n) is 12.8. The maximum Gasteiger partial charge on any atom is 0.265 e. The second-order valence-corrected chi connectivity index (χ2v) is 5.75. The topological polar surface area (TPSA) is 96.5 Å². The van der Waals surface area contributed by atoms with Gasteiger partial charge in [-0.15, -0.1) is 5.10 Å². The van der Waals surface area contributed by atoms with Crippen molar-refractivity contribution < 1.29 is 4.79 Å². The first-order valence-corrected chi connectivity index (χ1v) is 8.02. The predicted molar refractivity (Wildman–Crippen MR) is 86.2 cm³/mol. The van der Waals surface area contributed by atoms with Crippen molar-refractivity contribution in [1.82, 2.24) is 30.1 Å². The lowest BCUT2D eigenvalue weighted by atomic mass is 10.1. The van der Waals surface area contributed by atoms with E-state index in [-0.39, 0.29) is 5.91 Å². The fourth-order valence-corrected chi connectivity index (χ4v) is 2.89. The summed E-state index contributed by atoms with van der Waals surface area (Å²) in [4.78, 5) is 17.5. The van der Waals surface area contributed by atoms with Crippen LogP contribution in [-0.2, 0) is 6.42 Å². The Balaban J connectivity index is 1.92.